The zero-order valence-electron chi connectivity index (χ0n) is 22.5. The number of amides is 2. The van der Waals surface area contributed by atoms with Crippen LogP contribution in [-0.4, -0.2) is 37.2 Å². The maximum absolute atomic E-state index is 12.6. The number of hydrazone groups is 1. The minimum absolute atomic E-state index is 0.215. The molecule has 2 aromatic carbocycles. The zero-order valence-corrected chi connectivity index (χ0v) is 24.9. The van der Waals surface area contributed by atoms with Gasteiger partial charge in [0.25, 0.3) is 0 Å². The number of nitrogens with one attached hydrogen (secondary N) is 2. The Balaban J connectivity index is 1.41. The second-order valence-electron chi connectivity index (χ2n) is 8.97. The molecule has 0 fully saturated rings. The molecular formula is C29H30BrN3O6S. The number of anilines is 1. The third-order valence-corrected chi connectivity index (χ3v) is 7.85. The Kier molecular flexibility index (Phi) is 9.94. The molecule has 1 aliphatic rings. The number of esters is 1. The SMILES string of the molecule is CCOC(=O)c1c(NC(=O)C(=O)N/N=C/c2cc(Br)c(OCc3ccc(C)cc3)c(OCC)c2)sc2c1CCC2. The highest BCUT2D eigenvalue weighted by atomic mass is 79.9. The van der Waals surface area contributed by atoms with Gasteiger partial charge in [-0.1, -0.05) is 29.8 Å². The molecule has 0 saturated heterocycles. The lowest BCUT2D eigenvalue weighted by Gasteiger charge is -2.15. The fraction of sp³-hybridized carbons (Fsp3) is 0.310. The van der Waals surface area contributed by atoms with E-state index in [0.29, 0.717) is 45.3 Å². The Bertz CT molecular complexity index is 1430. The highest BCUT2D eigenvalue weighted by Crippen LogP contribution is 2.40. The first-order chi connectivity index (χ1) is 19.3. The molecule has 0 bridgehead atoms. The van der Waals surface area contributed by atoms with Gasteiger partial charge in [0, 0.05) is 4.88 Å². The molecule has 1 aromatic heterocycles. The minimum atomic E-state index is -0.971. The van der Waals surface area contributed by atoms with Gasteiger partial charge in [0.15, 0.2) is 11.5 Å². The summed E-state index contributed by atoms with van der Waals surface area (Å²) in [6.45, 7) is 6.61. The lowest BCUT2D eigenvalue weighted by Crippen LogP contribution is -2.32. The van der Waals surface area contributed by atoms with Crippen LogP contribution in [0.15, 0.2) is 46.0 Å². The van der Waals surface area contributed by atoms with Crippen LogP contribution >= 0.6 is 27.3 Å². The molecular weight excluding hydrogens is 598 g/mol. The molecule has 2 amide bonds. The molecule has 0 saturated carbocycles. The number of thiophene rings is 1. The van der Waals surface area contributed by atoms with E-state index in [0.717, 1.165) is 35.3 Å². The monoisotopic (exact) mass is 627 g/mol. The van der Waals surface area contributed by atoms with Crippen molar-refractivity contribution in [3.63, 3.8) is 0 Å². The first-order valence-electron chi connectivity index (χ1n) is 12.9. The number of carbonyl (C=O) groups is 3. The Morgan fingerprint density at radius 2 is 1.82 bits per heavy atom. The summed E-state index contributed by atoms with van der Waals surface area (Å²) in [6, 6.07) is 11.6. The standard InChI is InChI=1S/C29H30BrN3O6S/c1-4-37-22-14-19(13-21(30)25(22)39-16-18-11-9-17(3)10-12-18)15-31-33-27(35)26(34)32-28-24(29(36)38-5-2)20-7-6-8-23(20)40-28/h9-15H,4-8,16H2,1-3H3,(H,32,34)(H,33,35)/b31-15+. The van der Waals surface area contributed by atoms with Gasteiger partial charge in [0.1, 0.15) is 11.6 Å². The van der Waals surface area contributed by atoms with Crippen LogP contribution in [0.1, 0.15) is 57.8 Å². The van der Waals surface area contributed by atoms with Crippen molar-refractivity contribution in [1.29, 1.82) is 0 Å². The van der Waals surface area contributed by atoms with Crippen molar-refractivity contribution in [3.8, 4) is 11.5 Å². The van der Waals surface area contributed by atoms with Crippen molar-refractivity contribution < 1.29 is 28.6 Å². The van der Waals surface area contributed by atoms with Crippen LogP contribution in [0.4, 0.5) is 5.00 Å². The van der Waals surface area contributed by atoms with Crippen molar-refractivity contribution in [2.45, 2.75) is 46.6 Å². The topological polar surface area (TPSA) is 115 Å². The van der Waals surface area contributed by atoms with Gasteiger partial charge in [-0.15, -0.1) is 11.3 Å². The number of rotatable bonds is 10. The van der Waals surface area contributed by atoms with Crippen LogP contribution in [0, 0.1) is 6.92 Å². The van der Waals surface area contributed by atoms with Crippen LogP contribution in [0.25, 0.3) is 0 Å². The van der Waals surface area contributed by atoms with E-state index in [1.165, 1.54) is 23.1 Å². The molecule has 0 aliphatic heterocycles. The van der Waals surface area contributed by atoms with Gasteiger partial charge in [-0.05, 0) is 84.8 Å². The number of hydrogen-bond donors (Lipinski definition) is 2. The molecule has 1 aliphatic carbocycles. The molecule has 0 unspecified atom stereocenters. The van der Waals surface area contributed by atoms with Crippen molar-refractivity contribution in [2.75, 3.05) is 18.5 Å². The van der Waals surface area contributed by atoms with Crippen LogP contribution < -0.4 is 20.2 Å². The Morgan fingerprint density at radius 1 is 1.05 bits per heavy atom. The molecule has 210 valence electrons. The van der Waals surface area contributed by atoms with Crippen LogP contribution in [0.5, 0.6) is 11.5 Å². The number of ether oxygens (including phenoxy) is 3. The maximum Gasteiger partial charge on any atom is 0.341 e. The Labute approximate surface area is 245 Å². The quantitative estimate of drug-likeness (QED) is 0.132. The number of fused-ring (bicyclic) bond motifs is 1. The number of nitrogens with zero attached hydrogens (tertiary/aromatic N) is 1. The summed E-state index contributed by atoms with van der Waals surface area (Å²) in [5, 5.41) is 6.79. The number of carbonyl (C=O) groups excluding carboxylic acids is 3. The van der Waals surface area contributed by atoms with Crippen LogP contribution in [-0.2, 0) is 33.8 Å². The predicted octanol–water partition coefficient (Wildman–Crippen LogP) is 5.55. The summed E-state index contributed by atoms with van der Waals surface area (Å²) < 4.78 is 17.6. The third kappa shape index (κ3) is 7.08. The summed E-state index contributed by atoms with van der Waals surface area (Å²) in [6.07, 6.45) is 3.90. The van der Waals surface area contributed by atoms with Gasteiger partial charge in [0.05, 0.1) is 29.5 Å². The zero-order chi connectivity index (χ0) is 28.6. The van der Waals surface area contributed by atoms with Gasteiger partial charge in [-0.2, -0.15) is 5.10 Å². The average molecular weight is 629 g/mol. The second-order valence-corrected chi connectivity index (χ2v) is 10.9. The highest BCUT2D eigenvalue weighted by Gasteiger charge is 2.29. The first-order valence-corrected chi connectivity index (χ1v) is 14.5. The minimum Gasteiger partial charge on any atom is -0.490 e. The smallest absolute Gasteiger partial charge is 0.341 e. The molecule has 1 heterocycles. The number of hydrogen-bond acceptors (Lipinski definition) is 8. The summed E-state index contributed by atoms with van der Waals surface area (Å²) in [7, 11) is 0. The summed E-state index contributed by atoms with van der Waals surface area (Å²) in [4.78, 5) is 38.6. The molecule has 3 aromatic rings. The van der Waals surface area contributed by atoms with Crippen molar-refractivity contribution in [3.05, 3.63) is 73.6 Å². The van der Waals surface area contributed by atoms with E-state index in [9.17, 15) is 14.4 Å². The van der Waals surface area contributed by atoms with E-state index >= 15 is 0 Å². The first kappa shape index (κ1) is 29.3. The van der Waals surface area contributed by atoms with Gasteiger partial charge in [-0.3, -0.25) is 9.59 Å². The van der Waals surface area contributed by atoms with Crippen LogP contribution in [0.2, 0.25) is 0 Å². The number of halogens is 1. The molecule has 40 heavy (non-hydrogen) atoms. The lowest BCUT2D eigenvalue weighted by molar-refractivity contribution is -0.136. The average Bonchev–Trinajstić information content (AvgIpc) is 3.50. The van der Waals surface area contributed by atoms with Gasteiger partial charge < -0.3 is 19.5 Å². The molecule has 9 nitrogen and oxygen atoms in total. The predicted molar refractivity (Wildman–Crippen MR) is 157 cm³/mol. The fourth-order valence-electron chi connectivity index (χ4n) is 4.19. The van der Waals surface area contributed by atoms with E-state index in [-0.39, 0.29) is 6.61 Å². The van der Waals surface area contributed by atoms with E-state index in [2.05, 4.69) is 31.8 Å². The van der Waals surface area contributed by atoms with Crippen molar-refractivity contribution in [2.24, 2.45) is 5.10 Å². The fourth-order valence-corrected chi connectivity index (χ4v) is 6.04. The van der Waals surface area contributed by atoms with Gasteiger partial charge >= 0.3 is 17.8 Å². The molecule has 2 N–H and O–H groups in total. The molecule has 0 radical (unpaired) electrons. The number of aryl methyl sites for hydroxylation is 2. The van der Waals surface area contributed by atoms with Crippen molar-refractivity contribution >= 4 is 56.3 Å². The summed E-state index contributed by atoms with van der Waals surface area (Å²) >= 11 is 4.83. The Morgan fingerprint density at radius 3 is 2.55 bits per heavy atom. The van der Waals surface area contributed by atoms with E-state index in [1.807, 2.05) is 38.1 Å². The largest absolute Gasteiger partial charge is 0.490 e. The summed E-state index contributed by atoms with van der Waals surface area (Å²) in [5.74, 6) is -1.35. The van der Waals surface area contributed by atoms with Gasteiger partial charge in [0.2, 0.25) is 0 Å². The molecule has 0 spiro atoms. The van der Waals surface area contributed by atoms with Gasteiger partial charge in [-0.25, -0.2) is 10.2 Å². The number of benzene rings is 2. The molecule has 4 rings (SSSR count). The maximum atomic E-state index is 12.6. The summed E-state index contributed by atoms with van der Waals surface area (Å²) in [5.41, 5.74) is 6.26. The highest BCUT2D eigenvalue weighted by molar-refractivity contribution is 9.10. The lowest BCUT2D eigenvalue weighted by atomic mass is 10.1. The normalized spacial score (nSPS) is 12.2. The molecule has 0 atom stereocenters. The van der Waals surface area contributed by atoms with Crippen molar-refractivity contribution in [1.82, 2.24) is 5.43 Å². The Hall–Kier alpha value is -3.70. The second kappa shape index (κ2) is 13.6. The van der Waals surface area contributed by atoms with E-state index in [4.69, 9.17) is 14.2 Å². The third-order valence-electron chi connectivity index (χ3n) is 6.05. The van der Waals surface area contributed by atoms with E-state index < -0.39 is 17.8 Å². The van der Waals surface area contributed by atoms with E-state index in [1.54, 1.807) is 19.1 Å². The molecule has 11 heteroatoms. The van der Waals surface area contributed by atoms with Crippen LogP contribution in [0.3, 0.4) is 0 Å².